The highest BCUT2D eigenvalue weighted by Gasteiger charge is 2.30. The summed E-state index contributed by atoms with van der Waals surface area (Å²) in [6, 6.07) is 0. The van der Waals surface area contributed by atoms with Crippen molar-refractivity contribution in [2.75, 3.05) is 56.1 Å². The summed E-state index contributed by atoms with van der Waals surface area (Å²) in [5.41, 5.74) is 5.14. The van der Waals surface area contributed by atoms with E-state index < -0.39 is 17.8 Å². The fourth-order valence-corrected chi connectivity index (χ4v) is 4.45. The second-order valence-corrected chi connectivity index (χ2v) is 9.57. The molecular formula is C22H37FN6O3. The second-order valence-electron chi connectivity index (χ2n) is 9.57. The van der Waals surface area contributed by atoms with Crippen molar-refractivity contribution in [2.24, 2.45) is 17.6 Å². The number of amides is 1. The number of hydrogen-bond donors (Lipinski definition) is 3. The third-order valence-corrected chi connectivity index (χ3v) is 6.51. The molecule has 32 heavy (non-hydrogen) atoms. The Labute approximate surface area is 189 Å². The predicted molar refractivity (Wildman–Crippen MR) is 121 cm³/mol. The standard InChI is InChI=1S/C22H37FN6O3/c1-4-29(10-15-5-7-22(2,3)32-13-15)21-19(23)20(26-14-27-21)25-9-16-6-8-28(11-17(16)30)12-18(24)31/h14-17,30H,4-13H2,1-3H3,(H2,24,31)(H,25,26,27)/t15-,16-,17+/m0/s1. The average Bonchev–Trinajstić information content (AvgIpc) is 2.73. The SMILES string of the molecule is CCN(C[C@@H]1CCC(C)(C)OC1)c1ncnc(NC[C@@H]2CCN(CC(N)=O)C[C@H]2O)c1F. The van der Waals surface area contributed by atoms with Gasteiger partial charge in [-0.25, -0.2) is 9.97 Å². The molecule has 0 aliphatic carbocycles. The number of nitrogens with zero attached hydrogens (tertiary/aromatic N) is 4. The van der Waals surface area contributed by atoms with E-state index in [0.717, 1.165) is 12.8 Å². The van der Waals surface area contributed by atoms with Crippen LogP contribution in [0.2, 0.25) is 0 Å². The van der Waals surface area contributed by atoms with E-state index >= 15 is 4.39 Å². The van der Waals surface area contributed by atoms with Crippen LogP contribution in [0.15, 0.2) is 6.33 Å². The van der Waals surface area contributed by atoms with Crippen LogP contribution in [0.3, 0.4) is 0 Å². The number of ether oxygens (including phenoxy) is 1. The normalized spacial score (nSPS) is 26.0. The van der Waals surface area contributed by atoms with Crippen LogP contribution in [-0.2, 0) is 9.53 Å². The van der Waals surface area contributed by atoms with Gasteiger partial charge in [-0.3, -0.25) is 9.69 Å². The Bertz CT molecular complexity index is 770. The summed E-state index contributed by atoms with van der Waals surface area (Å²) in [7, 11) is 0. The minimum Gasteiger partial charge on any atom is -0.391 e. The molecule has 0 bridgehead atoms. The number of piperidine rings is 1. The number of aliphatic hydroxyl groups is 1. The van der Waals surface area contributed by atoms with Crippen LogP contribution in [-0.4, -0.2) is 83.5 Å². The number of β-amino-alcohol motifs (C(OH)–C–C–N with tert-alkyl or cyclic N) is 1. The lowest BCUT2D eigenvalue weighted by molar-refractivity contribution is -0.120. The van der Waals surface area contributed by atoms with E-state index in [2.05, 4.69) is 29.1 Å². The number of carbonyl (C=O) groups is 1. The Hall–Kier alpha value is -2.04. The van der Waals surface area contributed by atoms with Crippen LogP contribution in [0.1, 0.15) is 40.0 Å². The Balaban J connectivity index is 1.58. The highest BCUT2D eigenvalue weighted by molar-refractivity contribution is 5.75. The number of rotatable bonds is 9. The van der Waals surface area contributed by atoms with Gasteiger partial charge in [-0.2, -0.15) is 4.39 Å². The van der Waals surface area contributed by atoms with Crippen LogP contribution < -0.4 is 16.0 Å². The maximum Gasteiger partial charge on any atom is 0.231 e. The second kappa shape index (κ2) is 10.7. The zero-order valence-corrected chi connectivity index (χ0v) is 19.4. The molecule has 2 aliphatic heterocycles. The third kappa shape index (κ3) is 6.49. The number of nitrogens with one attached hydrogen (secondary N) is 1. The molecule has 0 saturated carbocycles. The Kier molecular flexibility index (Phi) is 8.24. The molecule has 1 aromatic rings. The summed E-state index contributed by atoms with van der Waals surface area (Å²) in [5.74, 6) is -0.204. The number of anilines is 2. The number of halogens is 1. The van der Waals surface area contributed by atoms with Crippen molar-refractivity contribution in [3.63, 3.8) is 0 Å². The molecular weight excluding hydrogens is 415 g/mol. The monoisotopic (exact) mass is 452 g/mol. The number of nitrogens with two attached hydrogens (primary N) is 1. The van der Waals surface area contributed by atoms with Gasteiger partial charge in [0.1, 0.15) is 6.33 Å². The van der Waals surface area contributed by atoms with Crippen LogP contribution in [0.5, 0.6) is 0 Å². The van der Waals surface area contributed by atoms with Gasteiger partial charge in [-0.05, 0) is 52.5 Å². The molecule has 2 saturated heterocycles. The van der Waals surface area contributed by atoms with Gasteiger partial charge in [0.2, 0.25) is 11.7 Å². The highest BCUT2D eigenvalue weighted by atomic mass is 19.1. The molecule has 0 spiro atoms. The third-order valence-electron chi connectivity index (χ3n) is 6.51. The quantitative estimate of drug-likeness (QED) is 0.512. The van der Waals surface area contributed by atoms with Gasteiger partial charge < -0.3 is 25.8 Å². The predicted octanol–water partition coefficient (Wildman–Crippen LogP) is 1.23. The summed E-state index contributed by atoms with van der Waals surface area (Å²) in [6.07, 6.45) is 3.45. The maximum atomic E-state index is 15.3. The molecule has 180 valence electrons. The zero-order chi connectivity index (χ0) is 23.3. The van der Waals surface area contributed by atoms with Gasteiger partial charge in [0.15, 0.2) is 11.6 Å². The van der Waals surface area contributed by atoms with E-state index in [-0.39, 0.29) is 29.7 Å². The van der Waals surface area contributed by atoms with E-state index in [9.17, 15) is 9.90 Å². The van der Waals surface area contributed by atoms with Gasteiger partial charge in [-0.1, -0.05) is 0 Å². The van der Waals surface area contributed by atoms with E-state index in [0.29, 0.717) is 51.7 Å². The minimum absolute atomic E-state index is 0.0676. The van der Waals surface area contributed by atoms with Gasteiger partial charge >= 0.3 is 0 Å². The molecule has 1 aromatic heterocycles. The Morgan fingerprint density at radius 1 is 1.44 bits per heavy atom. The largest absolute Gasteiger partial charge is 0.391 e. The van der Waals surface area contributed by atoms with E-state index in [4.69, 9.17) is 10.5 Å². The molecule has 3 rings (SSSR count). The molecule has 10 heteroatoms. The molecule has 9 nitrogen and oxygen atoms in total. The number of carbonyl (C=O) groups excluding carboxylic acids is 1. The minimum atomic E-state index is -0.623. The molecule has 2 fully saturated rings. The molecule has 0 unspecified atom stereocenters. The van der Waals surface area contributed by atoms with Gasteiger partial charge in [0, 0.05) is 32.1 Å². The number of aliphatic hydroxyl groups excluding tert-OH is 1. The molecule has 2 aliphatic rings. The van der Waals surface area contributed by atoms with Crippen LogP contribution in [0, 0.1) is 17.7 Å². The first kappa shape index (κ1) is 24.6. The summed E-state index contributed by atoms with van der Waals surface area (Å²) in [4.78, 5) is 23.2. The van der Waals surface area contributed by atoms with E-state index in [1.165, 1.54) is 6.33 Å². The summed E-state index contributed by atoms with van der Waals surface area (Å²) >= 11 is 0. The van der Waals surface area contributed by atoms with E-state index in [1.54, 1.807) is 0 Å². The molecule has 4 N–H and O–H groups in total. The Morgan fingerprint density at radius 3 is 2.84 bits per heavy atom. The number of likely N-dealkylation sites (tertiary alicyclic amines) is 1. The molecule has 3 heterocycles. The number of hydrogen-bond acceptors (Lipinski definition) is 8. The van der Waals surface area contributed by atoms with Gasteiger partial charge in [0.05, 0.1) is 24.9 Å². The lowest BCUT2D eigenvalue weighted by Gasteiger charge is -2.37. The van der Waals surface area contributed by atoms with Crippen molar-refractivity contribution in [1.82, 2.24) is 14.9 Å². The van der Waals surface area contributed by atoms with Crippen molar-refractivity contribution in [1.29, 1.82) is 0 Å². The van der Waals surface area contributed by atoms with Crippen LogP contribution in [0.25, 0.3) is 0 Å². The fraction of sp³-hybridized carbons (Fsp3) is 0.773. The molecule has 0 aromatic carbocycles. The van der Waals surface area contributed by atoms with Crippen molar-refractivity contribution in [3.8, 4) is 0 Å². The molecule has 1 amide bonds. The van der Waals surface area contributed by atoms with Crippen molar-refractivity contribution in [2.45, 2.75) is 51.7 Å². The van der Waals surface area contributed by atoms with Crippen LogP contribution >= 0.6 is 0 Å². The first-order valence-corrected chi connectivity index (χ1v) is 11.5. The zero-order valence-electron chi connectivity index (χ0n) is 19.4. The van der Waals surface area contributed by atoms with Crippen molar-refractivity contribution < 1.29 is 19.0 Å². The lowest BCUT2D eigenvalue weighted by Crippen LogP contribution is -2.48. The number of primary amides is 1. The van der Waals surface area contributed by atoms with Gasteiger partial charge in [0.25, 0.3) is 0 Å². The lowest BCUT2D eigenvalue weighted by atomic mass is 9.91. The fourth-order valence-electron chi connectivity index (χ4n) is 4.45. The Morgan fingerprint density at radius 2 is 2.22 bits per heavy atom. The van der Waals surface area contributed by atoms with Gasteiger partial charge in [-0.15, -0.1) is 0 Å². The molecule has 0 radical (unpaired) electrons. The maximum absolute atomic E-state index is 15.3. The summed E-state index contributed by atoms with van der Waals surface area (Å²) in [5, 5.41) is 13.5. The first-order valence-electron chi connectivity index (χ1n) is 11.5. The topological polar surface area (TPSA) is 117 Å². The number of aromatic nitrogens is 2. The average molecular weight is 453 g/mol. The van der Waals surface area contributed by atoms with Crippen molar-refractivity contribution >= 4 is 17.5 Å². The smallest absolute Gasteiger partial charge is 0.231 e. The first-order chi connectivity index (χ1) is 15.2. The summed E-state index contributed by atoms with van der Waals surface area (Å²) in [6.45, 7) is 9.70. The van der Waals surface area contributed by atoms with E-state index in [1.807, 2.05) is 16.7 Å². The molecule has 3 atom stereocenters. The highest BCUT2D eigenvalue weighted by Crippen LogP contribution is 2.30. The van der Waals surface area contributed by atoms with Crippen molar-refractivity contribution in [3.05, 3.63) is 12.1 Å². The van der Waals surface area contributed by atoms with Crippen LogP contribution in [0.4, 0.5) is 16.0 Å². The summed E-state index contributed by atoms with van der Waals surface area (Å²) < 4.78 is 21.2.